The van der Waals surface area contributed by atoms with Crippen molar-refractivity contribution in [2.24, 2.45) is 0 Å². The van der Waals surface area contributed by atoms with Crippen molar-refractivity contribution in [3.63, 3.8) is 0 Å². The molecule has 84 valence electrons. The average molecular weight is 209 g/mol. The summed E-state index contributed by atoms with van der Waals surface area (Å²) in [7, 11) is 3.50. The predicted molar refractivity (Wildman–Crippen MR) is 61.2 cm³/mol. The lowest BCUT2D eigenvalue weighted by atomic mass is 10.0. The third-order valence-corrected chi connectivity index (χ3v) is 2.57. The molecule has 0 saturated heterocycles. The molecule has 0 amide bonds. The summed E-state index contributed by atoms with van der Waals surface area (Å²) in [6, 6.07) is 5.90. The summed E-state index contributed by atoms with van der Waals surface area (Å²) in [5.41, 5.74) is 2.15. The number of likely N-dealkylation sites (N-methyl/N-ethyl adjacent to an activating group) is 1. The Morgan fingerprint density at radius 1 is 1.40 bits per heavy atom. The zero-order chi connectivity index (χ0) is 11.4. The van der Waals surface area contributed by atoms with Crippen LogP contribution in [0.15, 0.2) is 18.2 Å². The van der Waals surface area contributed by atoms with E-state index in [1.165, 1.54) is 0 Å². The maximum atomic E-state index is 9.59. The first-order valence-corrected chi connectivity index (χ1v) is 5.10. The van der Waals surface area contributed by atoms with Crippen LogP contribution in [-0.2, 0) is 0 Å². The number of aliphatic hydroxyl groups is 1. The molecule has 0 radical (unpaired) electrons. The fourth-order valence-electron chi connectivity index (χ4n) is 1.78. The van der Waals surface area contributed by atoms with E-state index in [1.807, 2.05) is 32.2 Å². The highest BCUT2D eigenvalue weighted by atomic mass is 16.5. The van der Waals surface area contributed by atoms with Gasteiger partial charge in [0.25, 0.3) is 0 Å². The Morgan fingerprint density at radius 2 is 2.07 bits per heavy atom. The molecule has 0 aliphatic carbocycles. The molecular formula is C12H19NO2. The molecule has 1 aromatic carbocycles. The zero-order valence-electron chi connectivity index (χ0n) is 9.74. The van der Waals surface area contributed by atoms with Gasteiger partial charge in [-0.15, -0.1) is 0 Å². The van der Waals surface area contributed by atoms with Gasteiger partial charge in [0.05, 0.1) is 19.3 Å². The van der Waals surface area contributed by atoms with Crippen LogP contribution in [-0.4, -0.2) is 25.4 Å². The molecule has 1 rings (SSSR count). The van der Waals surface area contributed by atoms with Gasteiger partial charge in [-0.25, -0.2) is 0 Å². The molecule has 0 bridgehead atoms. The second-order valence-corrected chi connectivity index (χ2v) is 3.74. The van der Waals surface area contributed by atoms with Gasteiger partial charge in [0, 0.05) is 0 Å². The Labute approximate surface area is 91.1 Å². The summed E-state index contributed by atoms with van der Waals surface area (Å²) in [4.78, 5) is 0. The van der Waals surface area contributed by atoms with Crippen molar-refractivity contribution in [2.45, 2.75) is 26.0 Å². The molecule has 0 spiro atoms. The van der Waals surface area contributed by atoms with Crippen LogP contribution >= 0.6 is 0 Å². The van der Waals surface area contributed by atoms with Gasteiger partial charge in [-0.05, 0) is 38.1 Å². The SMILES string of the molecule is CNC(c1ccc(OC)c(C)c1)C(C)O. The molecule has 3 nitrogen and oxygen atoms in total. The molecular weight excluding hydrogens is 190 g/mol. The molecule has 0 heterocycles. The number of hydrogen-bond acceptors (Lipinski definition) is 3. The smallest absolute Gasteiger partial charge is 0.121 e. The van der Waals surface area contributed by atoms with Crippen LogP contribution in [0.1, 0.15) is 24.1 Å². The molecule has 2 unspecified atom stereocenters. The minimum Gasteiger partial charge on any atom is -0.496 e. The third-order valence-electron chi connectivity index (χ3n) is 2.57. The number of nitrogens with one attached hydrogen (secondary N) is 1. The first-order chi connectivity index (χ1) is 7.10. The molecule has 0 saturated carbocycles. The second kappa shape index (κ2) is 5.14. The fraction of sp³-hybridized carbons (Fsp3) is 0.500. The van der Waals surface area contributed by atoms with Crippen LogP contribution in [0.5, 0.6) is 5.75 Å². The van der Waals surface area contributed by atoms with Crippen molar-refractivity contribution in [3.8, 4) is 5.75 Å². The number of hydrogen-bond donors (Lipinski definition) is 2. The van der Waals surface area contributed by atoms with E-state index in [0.29, 0.717) is 0 Å². The quantitative estimate of drug-likeness (QED) is 0.792. The molecule has 0 aromatic heterocycles. The maximum absolute atomic E-state index is 9.59. The van der Waals surface area contributed by atoms with Crippen molar-refractivity contribution in [3.05, 3.63) is 29.3 Å². The van der Waals surface area contributed by atoms with Gasteiger partial charge in [-0.3, -0.25) is 0 Å². The molecule has 1 aromatic rings. The molecule has 2 atom stereocenters. The van der Waals surface area contributed by atoms with Crippen molar-refractivity contribution >= 4 is 0 Å². The average Bonchev–Trinajstić information content (AvgIpc) is 2.18. The van der Waals surface area contributed by atoms with Crippen molar-refractivity contribution in [1.29, 1.82) is 0 Å². The summed E-state index contributed by atoms with van der Waals surface area (Å²) in [6.45, 7) is 3.78. The van der Waals surface area contributed by atoms with Crippen molar-refractivity contribution < 1.29 is 9.84 Å². The summed E-state index contributed by atoms with van der Waals surface area (Å²) >= 11 is 0. The van der Waals surface area contributed by atoms with Crippen molar-refractivity contribution in [1.82, 2.24) is 5.32 Å². The van der Waals surface area contributed by atoms with Gasteiger partial charge in [0.1, 0.15) is 5.75 Å². The van der Waals surface area contributed by atoms with Gasteiger partial charge >= 0.3 is 0 Å². The van der Waals surface area contributed by atoms with Gasteiger partial charge in [-0.2, -0.15) is 0 Å². The Morgan fingerprint density at radius 3 is 2.47 bits per heavy atom. The normalized spacial score (nSPS) is 14.7. The highest BCUT2D eigenvalue weighted by molar-refractivity contribution is 5.37. The van der Waals surface area contributed by atoms with Crippen LogP contribution < -0.4 is 10.1 Å². The number of benzene rings is 1. The summed E-state index contributed by atoms with van der Waals surface area (Å²) in [6.07, 6.45) is -0.414. The van der Waals surface area contributed by atoms with E-state index in [-0.39, 0.29) is 6.04 Å². The maximum Gasteiger partial charge on any atom is 0.121 e. The molecule has 0 aliphatic rings. The van der Waals surface area contributed by atoms with E-state index in [2.05, 4.69) is 5.32 Å². The van der Waals surface area contributed by atoms with E-state index < -0.39 is 6.10 Å². The van der Waals surface area contributed by atoms with Crippen LogP contribution in [0.2, 0.25) is 0 Å². The van der Waals surface area contributed by atoms with Crippen LogP contribution in [0.4, 0.5) is 0 Å². The van der Waals surface area contributed by atoms with Crippen molar-refractivity contribution in [2.75, 3.05) is 14.2 Å². The predicted octanol–water partition coefficient (Wildman–Crippen LogP) is 1.64. The fourth-order valence-corrected chi connectivity index (χ4v) is 1.78. The van der Waals surface area contributed by atoms with E-state index in [0.717, 1.165) is 16.9 Å². The van der Waals surface area contributed by atoms with E-state index >= 15 is 0 Å². The third kappa shape index (κ3) is 2.70. The molecule has 3 heteroatoms. The van der Waals surface area contributed by atoms with E-state index in [4.69, 9.17) is 4.74 Å². The Kier molecular flexibility index (Phi) is 4.12. The van der Waals surface area contributed by atoms with E-state index in [9.17, 15) is 5.11 Å². The van der Waals surface area contributed by atoms with Gasteiger partial charge in [0.2, 0.25) is 0 Å². The zero-order valence-corrected chi connectivity index (χ0v) is 9.74. The topological polar surface area (TPSA) is 41.5 Å². The lowest BCUT2D eigenvalue weighted by molar-refractivity contribution is 0.150. The Hall–Kier alpha value is -1.06. The number of rotatable bonds is 4. The summed E-state index contributed by atoms with van der Waals surface area (Å²) in [5, 5.41) is 12.7. The Balaban J connectivity index is 3.00. The largest absolute Gasteiger partial charge is 0.496 e. The van der Waals surface area contributed by atoms with Crippen LogP contribution in [0.3, 0.4) is 0 Å². The number of aryl methyl sites for hydroxylation is 1. The standard InChI is InChI=1S/C12H19NO2/c1-8-7-10(5-6-11(8)15-4)12(13-3)9(2)14/h5-7,9,12-14H,1-4H3. The second-order valence-electron chi connectivity index (χ2n) is 3.74. The molecule has 0 aliphatic heterocycles. The monoisotopic (exact) mass is 209 g/mol. The molecule has 0 fully saturated rings. The Bertz CT molecular complexity index is 323. The first-order valence-electron chi connectivity index (χ1n) is 5.10. The van der Waals surface area contributed by atoms with Gasteiger partial charge in [0.15, 0.2) is 0 Å². The number of methoxy groups -OCH3 is 1. The lowest BCUT2D eigenvalue weighted by Gasteiger charge is -2.20. The van der Waals surface area contributed by atoms with Crippen LogP contribution in [0.25, 0.3) is 0 Å². The van der Waals surface area contributed by atoms with E-state index in [1.54, 1.807) is 14.0 Å². The molecule has 15 heavy (non-hydrogen) atoms. The summed E-state index contributed by atoms with van der Waals surface area (Å²) < 4.78 is 5.19. The number of aliphatic hydroxyl groups excluding tert-OH is 1. The number of ether oxygens (including phenoxy) is 1. The van der Waals surface area contributed by atoms with Crippen LogP contribution in [0, 0.1) is 6.92 Å². The minimum atomic E-state index is -0.414. The molecule has 2 N–H and O–H groups in total. The first kappa shape index (κ1) is 12.0. The van der Waals surface area contributed by atoms with Gasteiger partial charge < -0.3 is 15.2 Å². The van der Waals surface area contributed by atoms with Gasteiger partial charge in [-0.1, -0.05) is 12.1 Å². The highest BCUT2D eigenvalue weighted by Crippen LogP contribution is 2.23. The highest BCUT2D eigenvalue weighted by Gasteiger charge is 2.15. The summed E-state index contributed by atoms with van der Waals surface area (Å²) in [5.74, 6) is 0.874. The minimum absolute atomic E-state index is 0.0328. The lowest BCUT2D eigenvalue weighted by Crippen LogP contribution is -2.27.